The Balaban J connectivity index is 3.09. The number of ether oxygens (including phenoxy) is 4. The van der Waals surface area contributed by atoms with Crippen LogP contribution in [0.5, 0.6) is 11.5 Å². The van der Waals surface area contributed by atoms with Crippen molar-refractivity contribution in [1.29, 1.82) is 0 Å². The fraction of sp³-hybridized carbons (Fsp3) is 0.154. The number of carbonyl (C=O) groups is 3. The molecule has 0 radical (unpaired) electrons. The van der Waals surface area contributed by atoms with Crippen LogP contribution < -0.4 is 9.47 Å². The molecule has 1 aromatic carbocycles. The van der Waals surface area contributed by atoms with Gasteiger partial charge in [0.15, 0.2) is 11.5 Å². The second-order valence-electron chi connectivity index (χ2n) is 3.46. The summed E-state index contributed by atoms with van der Waals surface area (Å²) in [5.41, 5.74) is 0.486. The van der Waals surface area contributed by atoms with E-state index in [-0.39, 0.29) is 11.5 Å². The van der Waals surface area contributed by atoms with Crippen molar-refractivity contribution in [2.75, 3.05) is 14.2 Å². The Labute approximate surface area is 125 Å². The maximum absolute atomic E-state index is 11.2. The normalized spacial score (nSPS) is 10.0. The van der Waals surface area contributed by atoms with Gasteiger partial charge in [0.05, 0.1) is 14.2 Å². The molecule has 0 aliphatic heterocycles. The van der Waals surface area contributed by atoms with E-state index in [4.69, 9.17) is 21.1 Å². The minimum Gasteiger partial charge on any atom is -0.437 e. The van der Waals surface area contributed by atoms with Gasteiger partial charge in [-0.1, -0.05) is 12.1 Å². The van der Waals surface area contributed by atoms with Gasteiger partial charge < -0.3 is 18.9 Å². The van der Waals surface area contributed by atoms with E-state index < -0.39 is 17.6 Å². The third kappa shape index (κ3) is 5.53. The molecule has 112 valence electrons. The Bertz CT molecular complexity index is 580. The fourth-order valence-electron chi connectivity index (χ4n) is 1.22. The van der Waals surface area contributed by atoms with Gasteiger partial charge in [0.1, 0.15) is 0 Å². The average Bonchev–Trinajstić information content (AvgIpc) is 2.46. The Morgan fingerprint density at radius 1 is 1.00 bits per heavy atom. The third-order valence-electron chi connectivity index (χ3n) is 2.09. The second kappa shape index (κ2) is 7.91. The zero-order valence-corrected chi connectivity index (χ0v) is 11.9. The molecule has 7 nitrogen and oxygen atoms in total. The number of methoxy groups -OCH3 is 2. The maximum Gasteiger partial charge on any atom is 0.513 e. The van der Waals surface area contributed by atoms with Crippen molar-refractivity contribution in [2.45, 2.75) is 0 Å². The van der Waals surface area contributed by atoms with Gasteiger partial charge in [-0.05, 0) is 35.4 Å². The summed E-state index contributed by atoms with van der Waals surface area (Å²) in [7, 11) is 2.26. The number of hydrogen-bond donors (Lipinski definition) is 0. The van der Waals surface area contributed by atoms with Gasteiger partial charge in [-0.25, -0.2) is 9.59 Å². The van der Waals surface area contributed by atoms with Crippen LogP contribution in [0.4, 0.5) is 9.59 Å². The lowest BCUT2D eigenvalue weighted by atomic mass is 10.2. The molecular weight excluding hydrogens is 304 g/mol. The van der Waals surface area contributed by atoms with Crippen LogP contribution in [0.3, 0.4) is 0 Å². The third-order valence-corrected chi connectivity index (χ3v) is 2.22. The summed E-state index contributed by atoms with van der Waals surface area (Å²) in [6, 6.07) is 4.22. The largest absolute Gasteiger partial charge is 0.513 e. The minimum atomic E-state index is -1.00. The van der Waals surface area contributed by atoms with Gasteiger partial charge in [0.25, 0.3) is 0 Å². The van der Waals surface area contributed by atoms with E-state index in [0.717, 1.165) is 20.3 Å². The number of halogens is 1. The molecule has 0 unspecified atom stereocenters. The van der Waals surface area contributed by atoms with Gasteiger partial charge in [-0.2, -0.15) is 0 Å². The number of benzene rings is 1. The molecule has 0 N–H and O–H groups in total. The van der Waals surface area contributed by atoms with Gasteiger partial charge >= 0.3 is 12.3 Å². The molecule has 1 rings (SSSR count). The van der Waals surface area contributed by atoms with Gasteiger partial charge in [-0.3, -0.25) is 4.79 Å². The fourth-order valence-corrected chi connectivity index (χ4v) is 1.28. The molecule has 0 saturated carbocycles. The van der Waals surface area contributed by atoms with Gasteiger partial charge in [-0.15, -0.1) is 0 Å². The molecule has 0 saturated heterocycles. The molecule has 1 aromatic rings. The predicted octanol–water partition coefficient (Wildman–Crippen LogP) is 2.76. The topological polar surface area (TPSA) is 88.1 Å². The maximum atomic E-state index is 11.2. The van der Waals surface area contributed by atoms with Crippen molar-refractivity contribution in [1.82, 2.24) is 0 Å². The molecule has 0 aliphatic rings. The van der Waals surface area contributed by atoms with E-state index >= 15 is 0 Å². The van der Waals surface area contributed by atoms with Crippen molar-refractivity contribution in [3.8, 4) is 11.5 Å². The Morgan fingerprint density at radius 2 is 1.57 bits per heavy atom. The van der Waals surface area contributed by atoms with Gasteiger partial charge in [0, 0.05) is 0 Å². The number of rotatable bonds is 4. The van der Waals surface area contributed by atoms with Crippen molar-refractivity contribution in [3.63, 3.8) is 0 Å². The monoisotopic (exact) mass is 314 g/mol. The van der Waals surface area contributed by atoms with Crippen LogP contribution in [-0.2, 0) is 14.3 Å². The standard InChI is InChI=1S/C13H11ClO7/c1-18-12(16)20-9-5-3-8(4-6-11(14)15)7-10(9)21-13(17)19-2/h3-7H,1-2H3/b6-4+. The lowest BCUT2D eigenvalue weighted by Crippen LogP contribution is -2.12. The van der Waals surface area contributed by atoms with E-state index in [0.29, 0.717) is 5.56 Å². The summed E-state index contributed by atoms with van der Waals surface area (Å²) in [6.07, 6.45) is 0.518. The van der Waals surface area contributed by atoms with Crippen molar-refractivity contribution < 1.29 is 33.3 Å². The summed E-state index contributed by atoms with van der Waals surface area (Å²) >= 11 is 5.18. The second-order valence-corrected chi connectivity index (χ2v) is 3.83. The van der Waals surface area contributed by atoms with Crippen molar-refractivity contribution in [2.24, 2.45) is 0 Å². The molecule has 21 heavy (non-hydrogen) atoms. The van der Waals surface area contributed by atoms with E-state index in [2.05, 4.69) is 9.47 Å². The first kappa shape index (κ1) is 16.5. The van der Waals surface area contributed by atoms with Crippen LogP contribution in [0.25, 0.3) is 6.08 Å². The smallest absolute Gasteiger partial charge is 0.437 e. The summed E-state index contributed by atoms with van der Waals surface area (Å²) in [5.74, 6) is -0.141. The lowest BCUT2D eigenvalue weighted by molar-refractivity contribution is -0.107. The van der Waals surface area contributed by atoms with Crippen LogP contribution in [0, 0.1) is 0 Å². The summed E-state index contributed by atoms with van der Waals surface area (Å²) in [5, 5.41) is -0.666. The number of allylic oxidation sites excluding steroid dienone is 1. The Morgan fingerprint density at radius 3 is 2.10 bits per heavy atom. The SMILES string of the molecule is COC(=O)Oc1ccc(/C=C/C(=O)Cl)cc1OC(=O)OC. The van der Waals surface area contributed by atoms with E-state index in [1.165, 1.54) is 24.3 Å². The highest BCUT2D eigenvalue weighted by Gasteiger charge is 2.14. The first-order valence-corrected chi connectivity index (χ1v) is 5.87. The zero-order valence-electron chi connectivity index (χ0n) is 11.1. The molecule has 0 aliphatic carbocycles. The summed E-state index contributed by atoms with van der Waals surface area (Å²) in [4.78, 5) is 32.9. The summed E-state index contributed by atoms with van der Waals surface area (Å²) < 4.78 is 18.3. The highest BCUT2D eigenvalue weighted by molar-refractivity contribution is 6.66. The van der Waals surface area contributed by atoms with Crippen molar-refractivity contribution in [3.05, 3.63) is 29.8 Å². The van der Waals surface area contributed by atoms with E-state index in [1.54, 1.807) is 0 Å². The van der Waals surface area contributed by atoms with Gasteiger partial charge in [0.2, 0.25) is 5.24 Å². The zero-order chi connectivity index (χ0) is 15.8. The van der Waals surface area contributed by atoms with Crippen LogP contribution in [0.15, 0.2) is 24.3 Å². The van der Waals surface area contributed by atoms with E-state index in [1.807, 2.05) is 0 Å². The van der Waals surface area contributed by atoms with Crippen LogP contribution >= 0.6 is 11.6 Å². The number of hydrogen-bond acceptors (Lipinski definition) is 7. The predicted molar refractivity (Wildman–Crippen MR) is 72.4 cm³/mol. The van der Waals surface area contributed by atoms with Crippen LogP contribution in [-0.4, -0.2) is 31.8 Å². The highest BCUT2D eigenvalue weighted by Crippen LogP contribution is 2.29. The molecule has 0 aromatic heterocycles. The first-order chi connectivity index (χ1) is 9.96. The number of carbonyl (C=O) groups excluding carboxylic acids is 3. The summed E-state index contributed by atoms with van der Waals surface area (Å²) in [6.45, 7) is 0. The molecule has 0 atom stereocenters. The Kier molecular flexibility index (Phi) is 6.22. The molecule has 0 spiro atoms. The quantitative estimate of drug-likeness (QED) is 0.365. The molecule has 0 heterocycles. The lowest BCUT2D eigenvalue weighted by Gasteiger charge is -2.09. The van der Waals surface area contributed by atoms with E-state index in [9.17, 15) is 14.4 Å². The molecule has 0 amide bonds. The first-order valence-electron chi connectivity index (χ1n) is 5.49. The molecule has 0 bridgehead atoms. The molecular formula is C13H11ClO7. The van der Waals surface area contributed by atoms with Crippen LogP contribution in [0.2, 0.25) is 0 Å². The minimum absolute atomic E-state index is 0.0541. The van der Waals surface area contributed by atoms with Crippen molar-refractivity contribution >= 4 is 35.2 Å². The average molecular weight is 315 g/mol. The Hall–Kier alpha value is -2.54. The van der Waals surface area contributed by atoms with Crippen LogP contribution in [0.1, 0.15) is 5.56 Å². The molecule has 0 fully saturated rings. The highest BCUT2D eigenvalue weighted by atomic mass is 35.5. The molecule has 8 heteroatoms.